The Morgan fingerprint density at radius 2 is 1.81 bits per heavy atom. The van der Waals surface area contributed by atoms with E-state index in [0.29, 0.717) is 17.6 Å². The zero-order valence-corrected chi connectivity index (χ0v) is 17.3. The van der Waals surface area contributed by atoms with Gasteiger partial charge in [0.05, 0.1) is 12.1 Å². The van der Waals surface area contributed by atoms with Gasteiger partial charge in [-0.2, -0.15) is 0 Å². The Kier molecular flexibility index (Phi) is 5.10. The van der Waals surface area contributed by atoms with Gasteiger partial charge in [-0.3, -0.25) is 23.7 Å². The number of para-hydroxylation sites is 1. The SMILES string of the molecule is O=C(Cn1c(=O)n(Cc2cccnc2)c(=O)c2ncccc21)N1CCCc2ccccc21. The highest BCUT2D eigenvalue weighted by Crippen LogP contribution is 2.27. The third-order valence-electron chi connectivity index (χ3n) is 5.75. The summed E-state index contributed by atoms with van der Waals surface area (Å²) < 4.78 is 2.46. The Labute approximate surface area is 183 Å². The Bertz CT molecular complexity index is 1430. The van der Waals surface area contributed by atoms with E-state index >= 15 is 0 Å². The number of hydrogen-bond donors (Lipinski definition) is 0. The molecule has 8 heteroatoms. The first-order valence-corrected chi connectivity index (χ1v) is 10.5. The zero-order valence-electron chi connectivity index (χ0n) is 17.3. The van der Waals surface area contributed by atoms with E-state index < -0.39 is 11.2 Å². The molecule has 3 aromatic heterocycles. The maximum atomic E-state index is 13.4. The van der Waals surface area contributed by atoms with Gasteiger partial charge in [0, 0.05) is 30.8 Å². The van der Waals surface area contributed by atoms with Crippen LogP contribution in [-0.4, -0.2) is 31.6 Å². The van der Waals surface area contributed by atoms with Crippen molar-refractivity contribution in [2.45, 2.75) is 25.9 Å². The van der Waals surface area contributed by atoms with Crippen molar-refractivity contribution < 1.29 is 4.79 Å². The second-order valence-electron chi connectivity index (χ2n) is 7.77. The fourth-order valence-electron chi connectivity index (χ4n) is 4.22. The Balaban J connectivity index is 1.59. The van der Waals surface area contributed by atoms with E-state index in [1.807, 2.05) is 24.3 Å². The lowest BCUT2D eigenvalue weighted by molar-refractivity contribution is -0.119. The summed E-state index contributed by atoms with van der Waals surface area (Å²) >= 11 is 0. The van der Waals surface area contributed by atoms with Gasteiger partial charge in [0.25, 0.3) is 5.56 Å². The molecule has 0 aliphatic carbocycles. The molecule has 0 saturated heterocycles. The molecule has 0 radical (unpaired) electrons. The molecule has 0 N–H and O–H groups in total. The molecule has 0 fully saturated rings. The van der Waals surface area contributed by atoms with Crippen molar-refractivity contribution in [3.63, 3.8) is 0 Å². The van der Waals surface area contributed by atoms with Crippen LogP contribution in [0.25, 0.3) is 11.0 Å². The predicted molar refractivity (Wildman–Crippen MR) is 121 cm³/mol. The normalized spacial score (nSPS) is 13.2. The van der Waals surface area contributed by atoms with E-state index in [1.54, 1.807) is 41.6 Å². The number of amides is 1. The van der Waals surface area contributed by atoms with Crippen LogP contribution in [-0.2, 0) is 24.3 Å². The number of fused-ring (bicyclic) bond motifs is 2. The predicted octanol–water partition coefficient (Wildman–Crippen LogP) is 1.98. The first-order chi connectivity index (χ1) is 15.6. The van der Waals surface area contributed by atoms with Crippen LogP contribution in [0, 0.1) is 0 Å². The van der Waals surface area contributed by atoms with E-state index in [2.05, 4.69) is 9.97 Å². The molecular formula is C24H21N5O3. The van der Waals surface area contributed by atoms with Crippen LogP contribution in [0.4, 0.5) is 5.69 Å². The highest BCUT2D eigenvalue weighted by molar-refractivity contribution is 5.95. The van der Waals surface area contributed by atoms with Crippen LogP contribution in [0.15, 0.2) is 76.7 Å². The molecule has 0 saturated carbocycles. The lowest BCUT2D eigenvalue weighted by Crippen LogP contribution is -2.44. The van der Waals surface area contributed by atoms with Crippen LogP contribution >= 0.6 is 0 Å². The molecule has 4 aromatic rings. The van der Waals surface area contributed by atoms with E-state index in [1.165, 1.54) is 10.8 Å². The van der Waals surface area contributed by atoms with E-state index in [9.17, 15) is 14.4 Å². The Morgan fingerprint density at radius 1 is 0.969 bits per heavy atom. The van der Waals surface area contributed by atoms with Crippen LogP contribution in [0.2, 0.25) is 0 Å². The van der Waals surface area contributed by atoms with Gasteiger partial charge in [-0.25, -0.2) is 9.78 Å². The molecule has 0 atom stereocenters. The fourth-order valence-corrected chi connectivity index (χ4v) is 4.22. The highest BCUT2D eigenvalue weighted by Gasteiger charge is 2.24. The van der Waals surface area contributed by atoms with Gasteiger partial charge in [-0.1, -0.05) is 24.3 Å². The average molecular weight is 427 g/mol. The summed E-state index contributed by atoms with van der Waals surface area (Å²) in [7, 11) is 0. The number of carbonyl (C=O) groups excluding carboxylic acids is 1. The third kappa shape index (κ3) is 3.49. The maximum Gasteiger partial charge on any atom is 0.332 e. The molecule has 0 unspecified atom stereocenters. The Hall–Kier alpha value is -4.07. The van der Waals surface area contributed by atoms with Crippen molar-refractivity contribution in [3.05, 3.63) is 99.1 Å². The summed E-state index contributed by atoms with van der Waals surface area (Å²) in [6.45, 7) is 0.470. The van der Waals surface area contributed by atoms with Crippen molar-refractivity contribution in [1.29, 1.82) is 0 Å². The van der Waals surface area contributed by atoms with Gasteiger partial charge in [0.2, 0.25) is 5.91 Å². The lowest BCUT2D eigenvalue weighted by atomic mass is 10.0. The molecular weight excluding hydrogens is 406 g/mol. The summed E-state index contributed by atoms with van der Waals surface area (Å²) in [4.78, 5) is 49.7. The highest BCUT2D eigenvalue weighted by atomic mass is 16.2. The van der Waals surface area contributed by atoms with Gasteiger partial charge in [-0.15, -0.1) is 0 Å². The molecule has 1 aromatic carbocycles. The minimum absolute atomic E-state index is 0.0543. The maximum absolute atomic E-state index is 13.4. The van der Waals surface area contributed by atoms with Crippen LogP contribution in [0.5, 0.6) is 0 Å². The molecule has 4 heterocycles. The number of nitrogens with zero attached hydrogens (tertiary/aromatic N) is 5. The molecule has 1 aliphatic heterocycles. The molecule has 1 amide bonds. The number of aromatic nitrogens is 4. The minimum atomic E-state index is -0.544. The molecule has 5 rings (SSSR count). The van der Waals surface area contributed by atoms with Gasteiger partial charge in [0.15, 0.2) is 5.52 Å². The molecule has 0 bridgehead atoms. The number of carbonyl (C=O) groups is 1. The smallest absolute Gasteiger partial charge is 0.311 e. The molecule has 160 valence electrons. The number of anilines is 1. The van der Waals surface area contributed by atoms with Crippen molar-refractivity contribution in [3.8, 4) is 0 Å². The fraction of sp³-hybridized carbons (Fsp3) is 0.208. The summed E-state index contributed by atoms with van der Waals surface area (Å²) in [6.07, 6.45) is 6.52. The van der Waals surface area contributed by atoms with Gasteiger partial charge >= 0.3 is 5.69 Å². The number of aryl methyl sites for hydroxylation is 1. The zero-order chi connectivity index (χ0) is 22.1. The van der Waals surface area contributed by atoms with E-state index in [4.69, 9.17) is 0 Å². The minimum Gasteiger partial charge on any atom is -0.311 e. The van der Waals surface area contributed by atoms with Crippen LogP contribution in [0.1, 0.15) is 17.5 Å². The first-order valence-electron chi connectivity index (χ1n) is 10.5. The van der Waals surface area contributed by atoms with Gasteiger partial charge < -0.3 is 4.90 Å². The topological polar surface area (TPSA) is 90.1 Å². The number of pyridine rings is 2. The number of benzene rings is 1. The molecule has 32 heavy (non-hydrogen) atoms. The second-order valence-corrected chi connectivity index (χ2v) is 7.77. The van der Waals surface area contributed by atoms with Gasteiger partial charge in [0.1, 0.15) is 6.54 Å². The largest absolute Gasteiger partial charge is 0.332 e. The van der Waals surface area contributed by atoms with Crippen LogP contribution < -0.4 is 16.1 Å². The quantitative estimate of drug-likeness (QED) is 0.497. The van der Waals surface area contributed by atoms with Gasteiger partial charge in [-0.05, 0) is 48.2 Å². The summed E-state index contributed by atoms with van der Waals surface area (Å²) in [5.41, 5.74) is 2.19. The third-order valence-corrected chi connectivity index (χ3v) is 5.75. The standard InChI is InChI=1S/C24H21N5O3/c30-21(27-13-5-8-18-7-1-2-9-19(18)27)16-28-20-10-4-12-26-22(20)23(31)29(24(28)32)15-17-6-3-11-25-14-17/h1-4,6-7,9-12,14H,5,8,13,15-16H2. The molecule has 0 spiro atoms. The van der Waals surface area contributed by atoms with Crippen molar-refractivity contribution in [2.24, 2.45) is 0 Å². The summed E-state index contributed by atoms with van der Waals surface area (Å²) in [5.74, 6) is -0.198. The van der Waals surface area contributed by atoms with Crippen molar-refractivity contribution in [1.82, 2.24) is 19.1 Å². The first kappa shape index (κ1) is 19.9. The van der Waals surface area contributed by atoms with E-state index in [0.717, 1.165) is 28.7 Å². The monoisotopic (exact) mass is 427 g/mol. The second kappa shape index (κ2) is 8.22. The average Bonchev–Trinajstić information content (AvgIpc) is 2.84. The summed E-state index contributed by atoms with van der Waals surface area (Å²) in [5, 5.41) is 0. The number of rotatable bonds is 4. The van der Waals surface area contributed by atoms with E-state index in [-0.39, 0.29) is 24.5 Å². The number of hydrogen-bond acceptors (Lipinski definition) is 5. The Morgan fingerprint density at radius 3 is 2.66 bits per heavy atom. The van der Waals surface area contributed by atoms with Crippen molar-refractivity contribution >= 4 is 22.6 Å². The lowest BCUT2D eigenvalue weighted by Gasteiger charge is -2.29. The molecule has 8 nitrogen and oxygen atoms in total. The van der Waals surface area contributed by atoms with Crippen LogP contribution in [0.3, 0.4) is 0 Å². The molecule has 1 aliphatic rings. The summed E-state index contributed by atoms with van der Waals surface area (Å²) in [6, 6.07) is 14.7. The van der Waals surface area contributed by atoms with Crippen molar-refractivity contribution in [2.75, 3.05) is 11.4 Å².